The molecule has 1 aliphatic carbocycles. The minimum atomic E-state index is -2.64. The van der Waals surface area contributed by atoms with E-state index in [1.165, 1.54) is 12.3 Å². The van der Waals surface area contributed by atoms with Crippen molar-refractivity contribution in [2.24, 2.45) is 11.7 Å². The van der Waals surface area contributed by atoms with Gasteiger partial charge in [-0.15, -0.1) is 0 Å². The molecule has 0 atom stereocenters. The molecule has 1 aliphatic rings. The van der Waals surface area contributed by atoms with Gasteiger partial charge >= 0.3 is 12.1 Å². The van der Waals surface area contributed by atoms with E-state index in [1.54, 1.807) is 0 Å². The summed E-state index contributed by atoms with van der Waals surface area (Å²) in [5, 5.41) is 8.03. The molecule has 1 fully saturated rings. The van der Waals surface area contributed by atoms with Crippen LogP contribution in [0.15, 0.2) is 12.3 Å². The van der Waals surface area contributed by atoms with Crippen molar-refractivity contribution in [3.8, 4) is 6.01 Å². The second kappa shape index (κ2) is 5.48. The lowest BCUT2D eigenvalue weighted by atomic mass is 9.83. The summed E-state index contributed by atoms with van der Waals surface area (Å²) in [6, 6.07) is 1.23. The average Bonchev–Trinajstić information content (AvgIpc) is 2.37. The number of rotatable bonds is 3. The topological polar surface area (TPSA) is 102 Å². The first-order valence-electron chi connectivity index (χ1n) is 6.14. The van der Waals surface area contributed by atoms with Crippen molar-refractivity contribution in [1.82, 2.24) is 9.97 Å². The maximum atomic E-state index is 13.1. The van der Waals surface area contributed by atoms with E-state index in [0.717, 1.165) is 0 Å². The molecule has 0 spiro atoms. The lowest BCUT2D eigenvalue weighted by Gasteiger charge is -2.28. The Morgan fingerprint density at radius 1 is 1.45 bits per heavy atom. The van der Waals surface area contributed by atoms with Crippen molar-refractivity contribution in [1.29, 1.82) is 5.41 Å². The van der Waals surface area contributed by atoms with Gasteiger partial charge in [-0.1, -0.05) is 0 Å². The smallest absolute Gasteiger partial charge is 0.374 e. The second-order valence-electron chi connectivity index (χ2n) is 4.69. The Kier molecular flexibility index (Phi) is 3.91. The third kappa shape index (κ3) is 3.46. The van der Waals surface area contributed by atoms with Crippen LogP contribution in [0.1, 0.15) is 31.4 Å². The maximum absolute atomic E-state index is 13.1. The predicted octanol–water partition coefficient (Wildman–Crippen LogP) is 2.13. The molecular formula is C12H14F2N4O2. The molecule has 0 aliphatic heterocycles. The number of nitrogens with zero attached hydrogens (tertiary/aromatic N) is 2. The fraction of sp³-hybridized carbons (Fsp3) is 0.500. The zero-order valence-corrected chi connectivity index (χ0v) is 10.6. The first kappa shape index (κ1) is 14.3. The molecule has 20 heavy (non-hydrogen) atoms. The van der Waals surface area contributed by atoms with Crippen molar-refractivity contribution in [2.75, 3.05) is 0 Å². The van der Waals surface area contributed by atoms with Gasteiger partial charge in [-0.2, -0.15) is 4.98 Å². The quantitative estimate of drug-likeness (QED) is 0.830. The molecule has 1 saturated carbocycles. The molecule has 108 valence electrons. The van der Waals surface area contributed by atoms with Gasteiger partial charge in [0.1, 0.15) is 0 Å². The molecule has 0 radical (unpaired) electrons. The van der Waals surface area contributed by atoms with Crippen molar-refractivity contribution < 1.29 is 18.3 Å². The summed E-state index contributed by atoms with van der Waals surface area (Å²) in [4.78, 5) is 18.2. The molecule has 1 aromatic rings. The van der Waals surface area contributed by atoms with E-state index in [-0.39, 0.29) is 49.0 Å². The number of carbonyl (C=O) groups excluding carboxylic acids is 1. The normalized spacial score (nSPS) is 18.5. The highest BCUT2D eigenvalue weighted by molar-refractivity contribution is 5.98. The zero-order valence-electron chi connectivity index (χ0n) is 10.6. The summed E-state index contributed by atoms with van der Waals surface area (Å²) in [7, 11) is 0. The molecule has 8 heteroatoms. The Morgan fingerprint density at radius 2 is 2.10 bits per heavy atom. The summed E-state index contributed by atoms with van der Waals surface area (Å²) in [6.45, 7) is 0. The summed E-state index contributed by atoms with van der Waals surface area (Å²) < 4.78 is 30.7. The van der Waals surface area contributed by atoms with Crippen LogP contribution in [0, 0.1) is 11.3 Å². The molecule has 1 amide bonds. The number of halogens is 2. The molecule has 0 bridgehead atoms. The summed E-state index contributed by atoms with van der Waals surface area (Å²) in [6.07, 6.45) is 0.299. The highest BCUT2D eigenvalue weighted by atomic mass is 19.3. The fourth-order valence-electron chi connectivity index (χ4n) is 2.17. The van der Waals surface area contributed by atoms with E-state index in [2.05, 4.69) is 14.7 Å². The fourth-order valence-corrected chi connectivity index (χ4v) is 2.17. The van der Waals surface area contributed by atoms with Gasteiger partial charge in [0.25, 0.3) is 0 Å². The van der Waals surface area contributed by atoms with Crippen LogP contribution in [0.5, 0.6) is 6.01 Å². The highest BCUT2D eigenvalue weighted by Crippen LogP contribution is 2.37. The Morgan fingerprint density at radius 3 is 2.70 bits per heavy atom. The van der Waals surface area contributed by atoms with Crippen LogP contribution >= 0.6 is 0 Å². The van der Waals surface area contributed by atoms with Gasteiger partial charge in [-0.25, -0.2) is 18.6 Å². The van der Waals surface area contributed by atoms with Gasteiger partial charge in [-0.05, 0) is 18.9 Å². The van der Waals surface area contributed by atoms with E-state index in [4.69, 9.17) is 11.1 Å². The molecule has 2 rings (SSSR count). The summed E-state index contributed by atoms with van der Waals surface area (Å²) in [5.74, 6) is -2.91. The SMILES string of the molecule is N=C(c1ccnc(OC(N)=O)n1)C1CCC(F)(F)CC1. The van der Waals surface area contributed by atoms with E-state index in [9.17, 15) is 13.6 Å². The van der Waals surface area contributed by atoms with Crippen LogP contribution in [0.2, 0.25) is 0 Å². The van der Waals surface area contributed by atoms with Gasteiger partial charge in [0, 0.05) is 25.0 Å². The number of amides is 1. The number of alkyl halides is 2. The number of aromatic nitrogens is 2. The van der Waals surface area contributed by atoms with Crippen LogP contribution in [-0.2, 0) is 0 Å². The summed E-state index contributed by atoms with van der Waals surface area (Å²) >= 11 is 0. The van der Waals surface area contributed by atoms with Gasteiger partial charge in [0.2, 0.25) is 5.92 Å². The van der Waals surface area contributed by atoms with Crippen molar-refractivity contribution in [2.45, 2.75) is 31.6 Å². The van der Waals surface area contributed by atoms with E-state index >= 15 is 0 Å². The number of nitrogens with one attached hydrogen (secondary N) is 1. The molecule has 0 aromatic carbocycles. The lowest BCUT2D eigenvalue weighted by Crippen LogP contribution is -2.29. The Labute approximate surface area is 113 Å². The Bertz CT molecular complexity index is 526. The lowest BCUT2D eigenvalue weighted by molar-refractivity contribution is -0.0394. The molecule has 1 heterocycles. The van der Waals surface area contributed by atoms with Gasteiger partial charge in [0.05, 0.1) is 11.4 Å². The third-order valence-corrected chi connectivity index (χ3v) is 3.23. The molecular weight excluding hydrogens is 270 g/mol. The number of primary amides is 1. The van der Waals surface area contributed by atoms with Gasteiger partial charge in [0.15, 0.2) is 0 Å². The van der Waals surface area contributed by atoms with Crippen molar-refractivity contribution in [3.05, 3.63) is 18.0 Å². The minimum Gasteiger partial charge on any atom is -0.374 e. The Hall–Kier alpha value is -2.12. The summed E-state index contributed by atoms with van der Waals surface area (Å²) in [5.41, 5.74) is 5.25. The maximum Gasteiger partial charge on any atom is 0.412 e. The molecule has 0 unspecified atom stereocenters. The predicted molar refractivity (Wildman–Crippen MR) is 66.0 cm³/mol. The van der Waals surface area contributed by atoms with Gasteiger partial charge < -0.3 is 15.9 Å². The number of nitrogens with two attached hydrogens (primary N) is 1. The van der Waals surface area contributed by atoms with E-state index in [1.807, 2.05) is 0 Å². The first-order valence-corrected chi connectivity index (χ1v) is 6.14. The van der Waals surface area contributed by atoms with E-state index in [0.29, 0.717) is 0 Å². The average molecular weight is 284 g/mol. The highest BCUT2D eigenvalue weighted by Gasteiger charge is 2.36. The van der Waals surface area contributed by atoms with Crippen molar-refractivity contribution >= 4 is 11.8 Å². The Balaban J connectivity index is 2.08. The molecule has 0 saturated heterocycles. The molecule has 3 N–H and O–H groups in total. The van der Waals surface area contributed by atoms with Crippen molar-refractivity contribution in [3.63, 3.8) is 0 Å². The molecule has 6 nitrogen and oxygen atoms in total. The minimum absolute atomic E-state index is 0.150. The van der Waals surface area contributed by atoms with Crippen LogP contribution in [-0.4, -0.2) is 27.7 Å². The third-order valence-electron chi connectivity index (χ3n) is 3.23. The standard InChI is InChI=1S/C12H14F2N4O2/c13-12(14)4-1-7(2-5-12)9(15)8-3-6-17-11(18-8)20-10(16)19/h3,6-7,15H,1-2,4-5H2,(H2,16,19). The number of hydrogen-bond donors (Lipinski definition) is 2. The van der Waals surface area contributed by atoms with Crippen LogP contribution < -0.4 is 10.5 Å². The van der Waals surface area contributed by atoms with Crippen LogP contribution in [0.3, 0.4) is 0 Å². The number of ether oxygens (including phenoxy) is 1. The second-order valence-corrected chi connectivity index (χ2v) is 4.69. The first-order chi connectivity index (χ1) is 9.37. The zero-order chi connectivity index (χ0) is 14.8. The van der Waals surface area contributed by atoms with Gasteiger partial charge in [-0.3, -0.25) is 0 Å². The largest absolute Gasteiger partial charge is 0.412 e. The monoisotopic (exact) mass is 284 g/mol. The number of carbonyl (C=O) groups is 1. The number of hydrogen-bond acceptors (Lipinski definition) is 5. The van der Waals surface area contributed by atoms with Crippen LogP contribution in [0.4, 0.5) is 13.6 Å². The molecule has 1 aromatic heterocycles. The van der Waals surface area contributed by atoms with E-state index < -0.39 is 12.0 Å². The van der Waals surface area contributed by atoms with Crippen LogP contribution in [0.25, 0.3) is 0 Å².